The molecule has 18 heavy (non-hydrogen) atoms. The minimum atomic E-state index is -0.601. The van der Waals surface area contributed by atoms with Crippen LogP contribution in [0.15, 0.2) is 24.3 Å². The average molecular weight is 247 g/mol. The van der Waals surface area contributed by atoms with Crippen molar-refractivity contribution in [2.45, 2.75) is 50.7 Å². The first-order valence-corrected chi connectivity index (χ1v) is 7.25. The van der Waals surface area contributed by atoms with Crippen molar-refractivity contribution in [2.24, 2.45) is 0 Å². The average Bonchev–Trinajstić information content (AvgIpc) is 2.95. The van der Waals surface area contributed by atoms with Gasteiger partial charge >= 0.3 is 0 Å². The summed E-state index contributed by atoms with van der Waals surface area (Å²) in [5.74, 6) is 0.622. The van der Waals surface area contributed by atoms with Crippen LogP contribution in [0.5, 0.6) is 0 Å². The first-order chi connectivity index (χ1) is 8.79. The van der Waals surface area contributed by atoms with Gasteiger partial charge in [-0.05, 0) is 30.4 Å². The molecule has 1 heterocycles. The van der Waals surface area contributed by atoms with E-state index < -0.39 is 6.17 Å². The number of nitrogens with zero attached hydrogens (tertiary/aromatic N) is 1. The highest BCUT2D eigenvalue weighted by atomic mass is 19.1. The summed E-state index contributed by atoms with van der Waals surface area (Å²) in [6.07, 6.45) is 3.69. The van der Waals surface area contributed by atoms with Gasteiger partial charge in [-0.15, -0.1) is 0 Å². The van der Waals surface area contributed by atoms with Gasteiger partial charge in [-0.1, -0.05) is 37.6 Å². The Balaban J connectivity index is 1.83. The third-order valence-corrected chi connectivity index (χ3v) is 4.58. The van der Waals surface area contributed by atoms with Crippen LogP contribution in [0.25, 0.3) is 0 Å². The number of hydrogen-bond acceptors (Lipinski definition) is 1. The minimum Gasteiger partial charge on any atom is -0.296 e. The molecule has 0 bridgehead atoms. The summed E-state index contributed by atoms with van der Waals surface area (Å²) in [5.41, 5.74) is 3.01. The maximum absolute atomic E-state index is 13.4. The molecular weight excluding hydrogens is 225 g/mol. The molecule has 98 valence electrons. The van der Waals surface area contributed by atoms with Gasteiger partial charge in [0.15, 0.2) is 0 Å². The van der Waals surface area contributed by atoms with Crippen LogP contribution >= 0.6 is 0 Å². The summed E-state index contributed by atoms with van der Waals surface area (Å²) < 4.78 is 13.4. The molecule has 3 atom stereocenters. The van der Waals surface area contributed by atoms with E-state index in [0.717, 1.165) is 19.4 Å². The third-order valence-electron chi connectivity index (χ3n) is 4.58. The van der Waals surface area contributed by atoms with E-state index in [-0.39, 0.29) is 0 Å². The summed E-state index contributed by atoms with van der Waals surface area (Å²) in [4.78, 5) is 2.39. The molecular formula is C16H22FN. The lowest BCUT2D eigenvalue weighted by Gasteiger charge is -2.29. The van der Waals surface area contributed by atoms with Crippen LogP contribution in [0.1, 0.15) is 43.2 Å². The number of fused-ring (bicyclic) bond motifs is 1. The van der Waals surface area contributed by atoms with Gasteiger partial charge in [-0.25, -0.2) is 4.39 Å². The van der Waals surface area contributed by atoms with E-state index >= 15 is 0 Å². The highest BCUT2D eigenvalue weighted by Crippen LogP contribution is 2.40. The van der Waals surface area contributed by atoms with E-state index in [0.29, 0.717) is 18.5 Å². The fourth-order valence-corrected chi connectivity index (χ4v) is 3.74. The summed E-state index contributed by atoms with van der Waals surface area (Å²) in [5, 5.41) is 0. The summed E-state index contributed by atoms with van der Waals surface area (Å²) in [6.45, 7) is 3.85. The molecule has 1 nitrogen and oxygen atoms in total. The van der Waals surface area contributed by atoms with Crippen molar-refractivity contribution in [3.63, 3.8) is 0 Å². The van der Waals surface area contributed by atoms with E-state index in [4.69, 9.17) is 0 Å². The van der Waals surface area contributed by atoms with Crippen LogP contribution in [-0.4, -0.2) is 30.2 Å². The Bertz CT molecular complexity index is 417. The van der Waals surface area contributed by atoms with Crippen molar-refractivity contribution < 1.29 is 4.39 Å². The first kappa shape index (κ1) is 12.2. The number of alkyl halides is 1. The first-order valence-electron chi connectivity index (χ1n) is 7.25. The molecule has 1 aliphatic carbocycles. The highest BCUT2D eigenvalue weighted by molar-refractivity contribution is 5.37. The van der Waals surface area contributed by atoms with E-state index in [1.807, 2.05) is 0 Å². The fourth-order valence-electron chi connectivity index (χ4n) is 3.74. The van der Waals surface area contributed by atoms with Crippen LogP contribution in [0, 0.1) is 0 Å². The SMILES string of the molecule is CCCC1c2ccccc2C[C@H]1N1CC[C@H](F)C1. The molecule has 2 heteroatoms. The smallest absolute Gasteiger partial charge is 0.114 e. The Morgan fingerprint density at radius 1 is 1.33 bits per heavy atom. The second-order valence-corrected chi connectivity index (χ2v) is 5.75. The molecule has 1 saturated heterocycles. The summed E-state index contributed by atoms with van der Waals surface area (Å²) >= 11 is 0. The van der Waals surface area contributed by atoms with Crippen molar-refractivity contribution >= 4 is 0 Å². The second-order valence-electron chi connectivity index (χ2n) is 5.75. The third kappa shape index (κ3) is 2.07. The molecule has 0 aromatic heterocycles. The number of benzene rings is 1. The van der Waals surface area contributed by atoms with Gasteiger partial charge in [0.2, 0.25) is 0 Å². The summed E-state index contributed by atoms with van der Waals surface area (Å²) in [6, 6.07) is 9.35. The fraction of sp³-hybridized carbons (Fsp3) is 0.625. The molecule has 0 spiro atoms. The van der Waals surface area contributed by atoms with Crippen molar-refractivity contribution in [2.75, 3.05) is 13.1 Å². The van der Waals surface area contributed by atoms with Gasteiger partial charge in [0.05, 0.1) is 0 Å². The van der Waals surface area contributed by atoms with Gasteiger partial charge in [0.25, 0.3) is 0 Å². The predicted octanol–water partition coefficient (Wildman–Crippen LogP) is 3.54. The lowest BCUT2D eigenvalue weighted by atomic mass is 9.93. The zero-order valence-corrected chi connectivity index (χ0v) is 11.1. The van der Waals surface area contributed by atoms with Crippen LogP contribution in [0.2, 0.25) is 0 Å². The molecule has 1 aliphatic heterocycles. The van der Waals surface area contributed by atoms with Gasteiger partial charge in [-0.2, -0.15) is 0 Å². The lowest BCUT2D eigenvalue weighted by molar-refractivity contribution is 0.198. The Labute approximate surface area is 109 Å². The van der Waals surface area contributed by atoms with Crippen LogP contribution in [0.3, 0.4) is 0 Å². The normalized spacial score (nSPS) is 31.8. The maximum atomic E-state index is 13.4. The molecule has 1 fully saturated rings. The van der Waals surface area contributed by atoms with Crippen molar-refractivity contribution in [1.29, 1.82) is 0 Å². The van der Waals surface area contributed by atoms with Crippen LogP contribution in [0.4, 0.5) is 4.39 Å². The Morgan fingerprint density at radius 2 is 2.17 bits per heavy atom. The van der Waals surface area contributed by atoms with Gasteiger partial charge in [0.1, 0.15) is 6.17 Å². The Hall–Kier alpha value is -0.890. The molecule has 3 rings (SSSR count). The van der Waals surface area contributed by atoms with E-state index in [1.54, 1.807) is 0 Å². The van der Waals surface area contributed by atoms with E-state index in [2.05, 4.69) is 36.1 Å². The van der Waals surface area contributed by atoms with Crippen LogP contribution < -0.4 is 0 Å². The zero-order chi connectivity index (χ0) is 12.5. The van der Waals surface area contributed by atoms with Crippen molar-refractivity contribution in [1.82, 2.24) is 4.90 Å². The maximum Gasteiger partial charge on any atom is 0.114 e. The Kier molecular flexibility index (Phi) is 3.38. The molecule has 1 unspecified atom stereocenters. The highest BCUT2D eigenvalue weighted by Gasteiger charge is 2.38. The monoisotopic (exact) mass is 247 g/mol. The molecule has 0 radical (unpaired) electrons. The predicted molar refractivity (Wildman–Crippen MR) is 72.7 cm³/mol. The number of halogens is 1. The van der Waals surface area contributed by atoms with Gasteiger partial charge in [0, 0.05) is 25.0 Å². The largest absolute Gasteiger partial charge is 0.296 e. The van der Waals surface area contributed by atoms with Crippen LogP contribution in [-0.2, 0) is 6.42 Å². The molecule has 2 aliphatic rings. The molecule has 0 saturated carbocycles. The second kappa shape index (κ2) is 5.00. The van der Waals surface area contributed by atoms with Crippen molar-refractivity contribution in [3.05, 3.63) is 35.4 Å². The molecule has 1 aromatic carbocycles. The zero-order valence-electron chi connectivity index (χ0n) is 11.1. The van der Waals surface area contributed by atoms with E-state index in [9.17, 15) is 4.39 Å². The molecule has 0 N–H and O–H groups in total. The minimum absolute atomic E-state index is 0.545. The van der Waals surface area contributed by atoms with E-state index in [1.165, 1.54) is 24.0 Å². The van der Waals surface area contributed by atoms with Crippen molar-refractivity contribution in [3.8, 4) is 0 Å². The number of hydrogen-bond donors (Lipinski definition) is 0. The standard InChI is InChI=1S/C16H22FN/c1-2-5-15-14-7-4-3-6-12(14)10-16(15)18-9-8-13(17)11-18/h3-4,6-7,13,15-16H,2,5,8-11H2,1H3/t13-,15?,16+/m0/s1. The van der Waals surface area contributed by atoms with Gasteiger partial charge < -0.3 is 0 Å². The lowest BCUT2D eigenvalue weighted by Crippen LogP contribution is -2.36. The molecule has 1 aromatic rings. The quantitative estimate of drug-likeness (QED) is 0.789. The summed E-state index contributed by atoms with van der Waals surface area (Å²) in [7, 11) is 0. The Morgan fingerprint density at radius 3 is 2.89 bits per heavy atom. The number of rotatable bonds is 3. The topological polar surface area (TPSA) is 3.24 Å². The van der Waals surface area contributed by atoms with Gasteiger partial charge in [-0.3, -0.25) is 4.90 Å². The molecule has 0 amide bonds. The number of likely N-dealkylation sites (tertiary alicyclic amines) is 1.